The number of likely N-dealkylation sites (tertiary alicyclic amines) is 1. The Morgan fingerprint density at radius 1 is 0.935 bits per heavy atom. The molecule has 1 aliphatic heterocycles. The molecule has 0 atom stereocenters. The Balaban J connectivity index is 1.49. The van der Waals surface area contributed by atoms with Crippen LogP contribution in [-0.2, 0) is 21.2 Å². The molecule has 2 aromatic carbocycles. The van der Waals surface area contributed by atoms with E-state index < -0.39 is 10.0 Å². The number of sulfonamides is 1. The lowest BCUT2D eigenvalue weighted by molar-refractivity contribution is -0.131. The van der Waals surface area contributed by atoms with Crippen LogP contribution in [0.1, 0.15) is 32.3 Å². The molecule has 0 aromatic heterocycles. The zero-order valence-corrected chi connectivity index (χ0v) is 18.9. The van der Waals surface area contributed by atoms with E-state index in [2.05, 4.69) is 4.72 Å². The van der Waals surface area contributed by atoms with Crippen LogP contribution >= 0.6 is 0 Å². The first-order valence-corrected chi connectivity index (χ1v) is 12.1. The van der Waals surface area contributed by atoms with Crippen molar-refractivity contribution in [3.05, 3.63) is 54.1 Å². The molecule has 7 nitrogen and oxygen atoms in total. The van der Waals surface area contributed by atoms with Crippen molar-refractivity contribution < 1.29 is 22.7 Å². The van der Waals surface area contributed by atoms with Gasteiger partial charge in [0.1, 0.15) is 11.5 Å². The van der Waals surface area contributed by atoms with Gasteiger partial charge in [0.25, 0.3) is 0 Å². The van der Waals surface area contributed by atoms with E-state index in [4.69, 9.17) is 9.47 Å². The summed E-state index contributed by atoms with van der Waals surface area (Å²) in [5.74, 6) is 1.48. The van der Waals surface area contributed by atoms with Crippen LogP contribution in [0.15, 0.2) is 53.4 Å². The summed E-state index contributed by atoms with van der Waals surface area (Å²) in [6, 6.07) is 13.8. The topological polar surface area (TPSA) is 84.9 Å². The van der Waals surface area contributed by atoms with Gasteiger partial charge in [-0.25, -0.2) is 13.1 Å². The predicted octanol–water partition coefficient (Wildman–Crippen LogP) is 3.00. The van der Waals surface area contributed by atoms with E-state index in [1.165, 1.54) is 0 Å². The quantitative estimate of drug-likeness (QED) is 0.640. The lowest BCUT2D eigenvalue weighted by atomic mass is 10.0. The Bertz CT molecular complexity index is 950. The van der Waals surface area contributed by atoms with Gasteiger partial charge in [-0.2, -0.15) is 0 Å². The lowest BCUT2D eigenvalue weighted by Gasteiger charge is -2.32. The molecule has 1 N–H and O–H groups in total. The average molecular weight is 447 g/mol. The van der Waals surface area contributed by atoms with Gasteiger partial charge in [-0.3, -0.25) is 4.79 Å². The van der Waals surface area contributed by atoms with Crippen molar-refractivity contribution in [1.82, 2.24) is 9.62 Å². The molecule has 3 rings (SSSR count). The van der Waals surface area contributed by atoms with E-state index >= 15 is 0 Å². The van der Waals surface area contributed by atoms with Crippen LogP contribution in [0.25, 0.3) is 0 Å². The summed E-state index contributed by atoms with van der Waals surface area (Å²) in [5, 5.41) is 0. The van der Waals surface area contributed by atoms with Gasteiger partial charge < -0.3 is 14.4 Å². The molecule has 1 amide bonds. The van der Waals surface area contributed by atoms with Gasteiger partial charge in [0.2, 0.25) is 15.9 Å². The minimum atomic E-state index is -3.61. The zero-order chi connectivity index (χ0) is 22.3. The highest BCUT2D eigenvalue weighted by Gasteiger charge is 2.26. The van der Waals surface area contributed by atoms with Crippen molar-refractivity contribution in [3.63, 3.8) is 0 Å². The number of nitrogens with zero attached hydrogens (tertiary/aromatic N) is 1. The molecule has 0 unspecified atom stereocenters. The molecule has 1 saturated heterocycles. The SMILES string of the molecule is CCOc1ccc(CC(=O)N2CCC(NS(=O)(=O)c3ccc(OCC)cc3)CC2)cc1. The zero-order valence-electron chi connectivity index (χ0n) is 18.0. The predicted molar refractivity (Wildman–Crippen MR) is 119 cm³/mol. The van der Waals surface area contributed by atoms with Gasteiger partial charge in [0.05, 0.1) is 24.5 Å². The Labute approximate surface area is 184 Å². The minimum absolute atomic E-state index is 0.0528. The summed E-state index contributed by atoms with van der Waals surface area (Å²) in [5.41, 5.74) is 0.937. The molecule has 1 fully saturated rings. The second-order valence-corrected chi connectivity index (χ2v) is 9.15. The number of rotatable bonds is 9. The second kappa shape index (κ2) is 10.6. The average Bonchev–Trinajstić information content (AvgIpc) is 2.76. The fraction of sp³-hybridized carbons (Fsp3) is 0.435. The second-order valence-electron chi connectivity index (χ2n) is 7.43. The number of carbonyl (C=O) groups is 1. The van der Waals surface area contributed by atoms with Crippen molar-refractivity contribution in [2.24, 2.45) is 0 Å². The molecule has 2 aromatic rings. The maximum Gasteiger partial charge on any atom is 0.240 e. The van der Waals surface area contributed by atoms with Crippen LogP contribution in [0.3, 0.4) is 0 Å². The van der Waals surface area contributed by atoms with Gasteiger partial charge in [-0.05, 0) is 68.7 Å². The fourth-order valence-electron chi connectivity index (χ4n) is 3.57. The van der Waals surface area contributed by atoms with E-state index in [9.17, 15) is 13.2 Å². The van der Waals surface area contributed by atoms with E-state index in [1.54, 1.807) is 29.2 Å². The number of benzene rings is 2. The third-order valence-corrected chi connectivity index (χ3v) is 6.74. The molecule has 0 aliphatic carbocycles. The molecule has 0 radical (unpaired) electrons. The first-order valence-electron chi connectivity index (χ1n) is 10.7. The minimum Gasteiger partial charge on any atom is -0.494 e. The summed E-state index contributed by atoms with van der Waals surface area (Å²) >= 11 is 0. The van der Waals surface area contributed by atoms with Crippen molar-refractivity contribution in [2.45, 2.75) is 44.0 Å². The van der Waals surface area contributed by atoms with Crippen LogP contribution in [0.5, 0.6) is 11.5 Å². The molecule has 8 heteroatoms. The maximum absolute atomic E-state index is 12.7. The van der Waals surface area contributed by atoms with Crippen LogP contribution in [0.2, 0.25) is 0 Å². The molecule has 168 valence electrons. The number of ether oxygens (including phenoxy) is 2. The molecular formula is C23H30N2O5S. The number of hydrogen-bond acceptors (Lipinski definition) is 5. The molecular weight excluding hydrogens is 416 g/mol. The monoisotopic (exact) mass is 446 g/mol. The fourth-order valence-corrected chi connectivity index (χ4v) is 4.88. The number of nitrogens with one attached hydrogen (secondary N) is 1. The van der Waals surface area contributed by atoms with Crippen LogP contribution in [0, 0.1) is 0 Å². The first kappa shape index (κ1) is 23.1. The summed E-state index contributed by atoms with van der Waals surface area (Å²) in [4.78, 5) is 14.6. The summed E-state index contributed by atoms with van der Waals surface area (Å²) < 4.78 is 38.9. The van der Waals surface area contributed by atoms with Gasteiger partial charge in [-0.1, -0.05) is 12.1 Å². The molecule has 1 heterocycles. The van der Waals surface area contributed by atoms with Crippen molar-refractivity contribution in [2.75, 3.05) is 26.3 Å². The molecule has 0 spiro atoms. The van der Waals surface area contributed by atoms with E-state index in [0.29, 0.717) is 51.3 Å². The number of amides is 1. The smallest absolute Gasteiger partial charge is 0.240 e. The van der Waals surface area contributed by atoms with Crippen LogP contribution in [0.4, 0.5) is 0 Å². The molecule has 0 saturated carbocycles. The van der Waals surface area contributed by atoms with E-state index in [1.807, 2.05) is 38.1 Å². The van der Waals surface area contributed by atoms with E-state index in [-0.39, 0.29) is 16.8 Å². The van der Waals surface area contributed by atoms with Crippen molar-refractivity contribution in [3.8, 4) is 11.5 Å². The van der Waals surface area contributed by atoms with Gasteiger partial charge in [0, 0.05) is 19.1 Å². The van der Waals surface area contributed by atoms with Gasteiger partial charge >= 0.3 is 0 Å². The molecule has 1 aliphatic rings. The van der Waals surface area contributed by atoms with Gasteiger partial charge in [-0.15, -0.1) is 0 Å². The standard InChI is InChI=1S/C23H30N2O5S/c1-3-29-20-7-5-18(6-8-20)17-23(26)25-15-13-19(14-16-25)24-31(27,28)22-11-9-21(10-12-22)30-4-2/h5-12,19,24H,3-4,13-17H2,1-2H3. The Morgan fingerprint density at radius 2 is 1.45 bits per heavy atom. The van der Waals surface area contributed by atoms with Crippen molar-refractivity contribution >= 4 is 15.9 Å². The largest absolute Gasteiger partial charge is 0.494 e. The number of piperidine rings is 1. The Hall–Kier alpha value is -2.58. The summed E-state index contributed by atoms with van der Waals surface area (Å²) in [6.45, 7) is 6.01. The first-order chi connectivity index (χ1) is 14.9. The molecule has 31 heavy (non-hydrogen) atoms. The Morgan fingerprint density at radius 3 is 1.97 bits per heavy atom. The Kier molecular flexibility index (Phi) is 7.92. The highest BCUT2D eigenvalue weighted by molar-refractivity contribution is 7.89. The van der Waals surface area contributed by atoms with Crippen LogP contribution < -0.4 is 14.2 Å². The number of hydrogen-bond donors (Lipinski definition) is 1. The third-order valence-electron chi connectivity index (χ3n) is 5.20. The normalized spacial score (nSPS) is 15.0. The lowest BCUT2D eigenvalue weighted by Crippen LogP contribution is -2.46. The highest BCUT2D eigenvalue weighted by atomic mass is 32.2. The van der Waals surface area contributed by atoms with E-state index in [0.717, 1.165) is 11.3 Å². The molecule has 0 bridgehead atoms. The van der Waals surface area contributed by atoms with Gasteiger partial charge in [0.15, 0.2) is 0 Å². The van der Waals surface area contributed by atoms with Crippen molar-refractivity contribution in [1.29, 1.82) is 0 Å². The maximum atomic E-state index is 12.7. The third kappa shape index (κ3) is 6.45. The summed E-state index contributed by atoms with van der Waals surface area (Å²) in [7, 11) is -3.61. The summed E-state index contributed by atoms with van der Waals surface area (Å²) in [6.07, 6.45) is 1.51. The van der Waals surface area contributed by atoms with Crippen LogP contribution in [-0.4, -0.2) is 51.6 Å². The highest BCUT2D eigenvalue weighted by Crippen LogP contribution is 2.19. The number of carbonyl (C=O) groups excluding carboxylic acids is 1.